The number of aromatic nitrogens is 4. The van der Waals surface area contributed by atoms with Gasteiger partial charge in [0.05, 0.1) is 17.9 Å². The van der Waals surface area contributed by atoms with E-state index in [1.54, 1.807) is 0 Å². The van der Waals surface area contributed by atoms with Crippen LogP contribution in [0.2, 0.25) is 0 Å². The van der Waals surface area contributed by atoms with Crippen molar-refractivity contribution >= 4 is 11.6 Å². The lowest BCUT2D eigenvalue weighted by Crippen LogP contribution is -2.23. The van der Waals surface area contributed by atoms with E-state index in [2.05, 4.69) is 38.6 Å². The molecule has 1 N–H and O–H groups in total. The number of pyridine rings is 2. The van der Waals surface area contributed by atoms with Crippen molar-refractivity contribution in [2.75, 3.05) is 11.9 Å². The van der Waals surface area contributed by atoms with Crippen LogP contribution in [0, 0.1) is 6.92 Å². The molecule has 4 rings (SSSR count). The predicted molar refractivity (Wildman–Crippen MR) is 102 cm³/mol. The summed E-state index contributed by atoms with van der Waals surface area (Å²) in [6.07, 6.45) is 6.37. The van der Waals surface area contributed by atoms with Crippen molar-refractivity contribution in [2.24, 2.45) is 7.05 Å². The molecule has 6 nitrogen and oxygen atoms in total. The Hall–Kier alpha value is -2.73. The second-order valence-electron chi connectivity index (χ2n) is 6.89. The summed E-state index contributed by atoms with van der Waals surface area (Å²) in [5.74, 6) is 1.67. The maximum Gasteiger partial charge on any atom is 0.131 e. The van der Waals surface area contributed by atoms with Crippen LogP contribution in [0.1, 0.15) is 35.8 Å². The van der Waals surface area contributed by atoms with Crippen molar-refractivity contribution in [2.45, 2.75) is 32.4 Å². The summed E-state index contributed by atoms with van der Waals surface area (Å²) >= 11 is 0. The Morgan fingerprint density at radius 2 is 1.92 bits per heavy atom. The van der Waals surface area contributed by atoms with Gasteiger partial charge in [-0.05, 0) is 50.6 Å². The number of hydrogen-bond acceptors (Lipinski definition) is 5. The fraction of sp³-hybridized carbons (Fsp3) is 0.350. The van der Waals surface area contributed by atoms with Crippen LogP contribution in [0.5, 0.6) is 0 Å². The first kappa shape index (κ1) is 16.7. The number of aryl methyl sites for hydroxylation is 2. The summed E-state index contributed by atoms with van der Waals surface area (Å²) in [5, 5.41) is 7.60. The van der Waals surface area contributed by atoms with E-state index in [0.29, 0.717) is 6.04 Å². The molecule has 0 unspecified atom stereocenters. The number of rotatable bonds is 5. The minimum atomic E-state index is 0.349. The van der Waals surface area contributed by atoms with Gasteiger partial charge in [-0.15, -0.1) is 0 Å². The average Bonchev–Trinajstić information content (AvgIpc) is 3.24. The zero-order valence-corrected chi connectivity index (χ0v) is 15.3. The SMILES string of the molecule is Cc1cccc(Nc2cccc([C@H]3CCCN3Cc3cnn(C)c3)n2)n1. The van der Waals surface area contributed by atoms with Crippen LogP contribution in [0.4, 0.5) is 11.6 Å². The highest BCUT2D eigenvalue weighted by molar-refractivity contribution is 5.51. The highest BCUT2D eigenvalue weighted by Crippen LogP contribution is 2.32. The van der Waals surface area contributed by atoms with Crippen molar-refractivity contribution in [3.8, 4) is 0 Å². The molecule has 1 atom stereocenters. The summed E-state index contributed by atoms with van der Waals surface area (Å²) in [6.45, 7) is 4.00. The quantitative estimate of drug-likeness (QED) is 0.763. The number of hydrogen-bond donors (Lipinski definition) is 1. The largest absolute Gasteiger partial charge is 0.325 e. The highest BCUT2D eigenvalue weighted by atomic mass is 15.3. The van der Waals surface area contributed by atoms with E-state index in [1.165, 1.54) is 12.0 Å². The van der Waals surface area contributed by atoms with Crippen LogP contribution >= 0.6 is 0 Å². The lowest BCUT2D eigenvalue weighted by atomic mass is 10.1. The normalized spacial score (nSPS) is 17.5. The Kier molecular flexibility index (Phi) is 4.67. The summed E-state index contributed by atoms with van der Waals surface area (Å²) in [5.41, 5.74) is 3.35. The Labute approximate surface area is 153 Å². The fourth-order valence-corrected chi connectivity index (χ4v) is 3.59. The van der Waals surface area contributed by atoms with Gasteiger partial charge in [0.15, 0.2) is 0 Å². The molecule has 3 aromatic heterocycles. The van der Waals surface area contributed by atoms with Gasteiger partial charge in [-0.3, -0.25) is 9.58 Å². The number of likely N-dealkylation sites (tertiary alicyclic amines) is 1. The minimum absolute atomic E-state index is 0.349. The Morgan fingerprint density at radius 3 is 2.69 bits per heavy atom. The second kappa shape index (κ2) is 7.25. The first-order valence-corrected chi connectivity index (χ1v) is 9.06. The second-order valence-corrected chi connectivity index (χ2v) is 6.89. The third-order valence-corrected chi connectivity index (χ3v) is 4.76. The zero-order valence-electron chi connectivity index (χ0n) is 15.3. The standard InChI is InChI=1S/C20H24N6/c1-15-6-3-9-19(22-15)24-20-10-4-7-17(23-20)18-8-5-11-26(18)14-16-12-21-25(2)13-16/h3-4,6-7,9-10,12-13,18H,5,8,11,14H2,1-2H3,(H,22,23,24)/t18-/m1/s1. The van der Waals surface area contributed by atoms with Crippen molar-refractivity contribution in [1.82, 2.24) is 24.6 Å². The highest BCUT2D eigenvalue weighted by Gasteiger charge is 2.27. The van der Waals surface area contributed by atoms with Gasteiger partial charge in [0.2, 0.25) is 0 Å². The first-order valence-electron chi connectivity index (χ1n) is 9.06. The number of nitrogens with zero attached hydrogens (tertiary/aromatic N) is 5. The van der Waals surface area contributed by atoms with E-state index in [-0.39, 0.29) is 0 Å². The van der Waals surface area contributed by atoms with Crippen LogP contribution < -0.4 is 5.32 Å². The molecular formula is C20H24N6. The minimum Gasteiger partial charge on any atom is -0.325 e. The van der Waals surface area contributed by atoms with Crippen LogP contribution in [0.15, 0.2) is 48.8 Å². The van der Waals surface area contributed by atoms with E-state index in [9.17, 15) is 0 Å². The van der Waals surface area contributed by atoms with Crippen LogP contribution in [0.25, 0.3) is 0 Å². The van der Waals surface area contributed by atoms with Gasteiger partial charge < -0.3 is 5.32 Å². The molecule has 1 fully saturated rings. The molecule has 1 aliphatic heterocycles. The molecule has 1 saturated heterocycles. The van der Waals surface area contributed by atoms with Gasteiger partial charge in [0, 0.05) is 31.0 Å². The van der Waals surface area contributed by atoms with Crippen molar-refractivity contribution in [1.29, 1.82) is 0 Å². The van der Waals surface area contributed by atoms with Crippen LogP contribution in [-0.4, -0.2) is 31.2 Å². The van der Waals surface area contributed by atoms with Crippen molar-refractivity contribution < 1.29 is 0 Å². The van der Waals surface area contributed by atoms with E-state index >= 15 is 0 Å². The third-order valence-electron chi connectivity index (χ3n) is 4.76. The Balaban J connectivity index is 1.51. The van der Waals surface area contributed by atoms with Crippen LogP contribution in [0.3, 0.4) is 0 Å². The van der Waals surface area contributed by atoms with Crippen LogP contribution in [-0.2, 0) is 13.6 Å². The third kappa shape index (κ3) is 3.75. The molecule has 1 aliphatic rings. The molecule has 6 heteroatoms. The zero-order chi connectivity index (χ0) is 17.9. The topological polar surface area (TPSA) is 58.9 Å². The molecule has 0 aliphatic carbocycles. The predicted octanol–water partition coefficient (Wildman–Crippen LogP) is 3.60. The molecule has 0 amide bonds. The van der Waals surface area contributed by atoms with E-state index < -0.39 is 0 Å². The van der Waals surface area contributed by atoms with E-state index in [0.717, 1.165) is 42.5 Å². The summed E-state index contributed by atoms with van der Waals surface area (Å²) < 4.78 is 1.86. The van der Waals surface area contributed by atoms with Gasteiger partial charge in [0.1, 0.15) is 11.6 Å². The molecular weight excluding hydrogens is 324 g/mol. The Bertz CT molecular complexity index is 887. The molecule has 134 valence electrons. The monoisotopic (exact) mass is 348 g/mol. The smallest absolute Gasteiger partial charge is 0.131 e. The number of nitrogens with one attached hydrogen (secondary N) is 1. The van der Waals surface area contributed by atoms with Gasteiger partial charge in [-0.1, -0.05) is 12.1 Å². The van der Waals surface area contributed by atoms with Gasteiger partial charge >= 0.3 is 0 Å². The lowest BCUT2D eigenvalue weighted by molar-refractivity contribution is 0.244. The summed E-state index contributed by atoms with van der Waals surface area (Å²) in [6, 6.07) is 12.5. The number of anilines is 2. The van der Waals surface area contributed by atoms with Gasteiger partial charge in [0.25, 0.3) is 0 Å². The summed E-state index contributed by atoms with van der Waals surface area (Å²) in [7, 11) is 1.96. The maximum absolute atomic E-state index is 4.86. The summed E-state index contributed by atoms with van der Waals surface area (Å²) in [4.78, 5) is 11.9. The van der Waals surface area contributed by atoms with Crippen molar-refractivity contribution in [3.05, 3.63) is 65.7 Å². The van der Waals surface area contributed by atoms with Gasteiger partial charge in [-0.25, -0.2) is 9.97 Å². The molecule has 3 aromatic rings. The fourth-order valence-electron chi connectivity index (χ4n) is 3.59. The molecule has 0 spiro atoms. The first-order chi connectivity index (χ1) is 12.7. The van der Waals surface area contributed by atoms with Crippen molar-refractivity contribution in [3.63, 3.8) is 0 Å². The maximum atomic E-state index is 4.86. The molecule has 0 radical (unpaired) electrons. The van der Waals surface area contributed by atoms with E-state index in [4.69, 9.17) is 4.98 Å². The van der Waals surface area contributed by atoms with Gasteiger partial charge in [-0.2, -0.15) is 5.10 Å². The Morgan fingerprint density at radius 1 is 1.12 bits per heavy atom. The molecule has 0 saturated carbocycles. The molecule has 4 heterocycles. The average molecular weight is 348 g/mol. The molecule has 0 bridgehead atoms. The molecule has 26 heavy (non-hydrogen) atoms. The lowest BCUT2D eigenvalue weighted by Gasteiger charge is -2.23. The van der Waals surface area contributed by atoms with E-state index in [1.807, 2.05) is 49.1 Å². The molecule has 0 aromatic carbocycles.